The summed E-state index contributed by atoms with van der Waals surface area (Å²) in [5, 5.41) is 17.3. The van der Waals surface area contributed by atoms with Gasteiger partial charge in [-0.05, 0) is 0 Å². The molecule has 0 aromatic carbocycles. The molecule has 2 N–H and O–H groups in total. The minimum atomic E-state index is -0.415. The van der Waals surface area contributed by atoms with E-state index in [1.165, 1.54) is 0 Å². The van der Waals surface area contributed by atoms with Crippen LogP contribution in [0.3, 0.4) is 0 Å². The second kappa shape index (κ2) is 6.71. The summed E-state index contributed by atoms with van der Waals surface area (Å²) in [5.74, 6) is 0. The monoisotopic (exact) mass is 167 g/mol. The predicted octanol–water partition coefficient (Wildman–Crippen LogP) is -0.402. The average Bonchev–Trinajstić information content (AvgIpc) is 1.85. The summed E-state index contributed by atoms with van der Waals surface area (Å²) in [6.45, 7) is 0.501. The van der Waals surface area contributed by atoms with Gasteiger partial charge >= 0.3 is 66.5 Å². The molecule has 0 spiro atoms. The molecule has 0 amide bonds. The van der Waals surface area contributed by atoms with Gasteiger partial charge in [0, 0.05) is 0 Å². The van der Waals surface area contributed by atoms with Crippen LogP contribution in [0.15, 0.2) is 0 Å². The Bertz CT molecular complexity index is 60.2. The number of aliphatic hydroxyl groups excluding tert-OH is 2. The van der Waals surface area contributed by atoms with E-state index in [2.05, 4.69) is 3.32 Å². The maximum atomic E-state index is 8.94. The molecule has 0 heterocycles. The maximum absolute atomic E-state index is 8.94. The topological polar surface area (TPSA) is 49.7 Å². The summed E-state index contributed by atoms with van der Waals surface area (Å²) in [4.78, 5) is 0. The molecule has 1 atom stereocenters. The summed E-state index contributed by atoms with van der Waals surface area (Å²) in [6.07, 6.45) is 0.844. The molecule has 0 saturated carbocycles. The van der Waals surface area contributed by atoms with Crippen molar-refractivity contribution in [2.24, 2.45) is 0 Å². The number of hydrogen-bond donors (Lipinski definition) is 2. The van der Waals surface area contributed by atoms with E-state index in [9.17, 15) is 0 Å². The van der Waals surface area contributed by atoms with Crippen molar-refractivity contribution in [1.82, 2.24) is 0 Å². The average molecular weight is 167 g/mol. The zero-order chi connectivity index (χ0) is 7.11. The van der Waals surface area contributed by atoms with Crippen LogP contribution >= 0.6 is 0 Å². The third kappa shape index (κ3) is 6.48. The first-order chi connectivity index (χ1) is 4.31. The zero-order valence-corrected chi connectivity index (χ0v) is 6.77. The standard InChI is InChI=1S/C5H11O3.Ti/c6-3-1-2-5(8)4-7;/h5-6,8H,1-4H2;/q-1;+1. The van der Waals surface area contributed by atoms with Gasteiger partial charge in [-0.15, -0.1) is 0 Å². The van der Waals surface area contributed by atoms with Gasteiger partial charge in [-0.25, -0.2) is 0 Å². The fraction of sp³-hybridized carbons (Fsp3) is 1.00. The molecule has 1 unspecified atom stereocenters. The van der Waals surface area contributed by atoms with E-state index in [0.717, 1.165) is 0 Å². The van der Waals surface area contributed by atoms with Gasteiger partial charge in [0.2, 0.25) is 0 Å². The summed E-state index contributed by atoms with van der Waals surface area (Å²) in [7, 11) is 0. The van der Waals surface area contributed by atoms with E-state index in [1.54, 1.807) is 20.8 Å². The second-order valence-corrected chi connectivity index (χ2v) is 2.28. The SMILES string of the molecule is OCCCC(O)C[O][Ti]. The zero-order valence-electron chi connectivity index (χ0n) is 5.21. The van der Waals surface area contributed by atoms with Crippen LogP contribution in [0.1, 0.15) is 12.8 Å². The molecule has 0 radical (unpaired) electrons. The molecule has 3 nitrogen and oxygen atoms in total. The van der Waals surface area contributed by atoms with Crippen molar-refractivity contribution in [2.75, 3.05) is 13.2 Å². The molecule has 0 saturated heterocycles. The molecule has 0 bridgehead atoms. The van der Waals surface area contributed by atoms with Gasteiger partial charge < -0.3 is 0 Å². The van der Waals surface area contributed by atoms with Gasteiger partial charge in [0.15, 0.2) is 0 Å². The predicted molar refractivity (Wildman–Crippen MR) is 28.3 cm³/mol. The van der Waals surface area contributed by atoms with Crippen molar-refractivity contribution in [1.29, 1.82) is 0 Å². The summed E-state index contributed by atoms with van der Waals surface area (Å²) < 4.78 is 4.67. The Morgan fingerprint density at radius 3 is 2.67 bits per heavy atom. The Hall–Kier alpha value is 0.594. The van der Waals surface area contributed by atoms with Crippen molar-refractivity contribution in [3.63, 3.8) is 0 Å². The second-order valence-electron chi connectivity index (χ2n) is 1.83. The van der Waals surface area contributed by atoms with Gasteiger partial charge in [0.25, 0.3) is 0 Å². The fourth-order valence-corrected chi connectivity index (χ4v) is 0.807. The van der Waals surface area contributed by atoms with Crippen molar-refractivity contribution < 1.29 is 34.4 Å². The summed E-state index contributed by atoms with van der Waals surface area (Å²) in [6, 6.07) is 0. The molecule has 53 valence electrons. The normalized spacial score (nSPS) is 13.4. The van der Waals surface area contributed by atoms with Gasteiger partial charge in [-0.1, -0.05) is 0 Å². The fourth-order valence-electron chi connectivity index (χ4n) is 0.506. The molecule has 0 aliphatic heterocycles. The molecule has 9 heavy (non-hydrogen) atoms. The van der Waals surface area contributed by atoms with Crippen LogP contribution in [-0.4, -0.2) is 29.5 Å². The Morgan fingerprint density at radius 2 is 2.22 bits per heavy atom. The van der Waals surface area contributed by atoms with E-state index >= 15 is 0 Å². The van der Waals surface area contributed by atoms with Gasteiger partial charge in [0.1, 0.15) is 0 Å². The van der Waals surface area contributed by atoms with Crippen molar-refractivity contribution in [3.8, 4) is 0 Å². The molecule has 0 aromatic rings. The van der Waals surface area contributed by atoms with Crippen LogP contribution in [-0.2, 0) is 24.1 Å². The van der Waals surface area contributed by atoms with Crippen LogP contribution in [0.2, 0.25) is 0 Å². The van der Waals surface area contributed by atoms with Crippen LogP contribution in [0.4, 0.5) is 0 Å². The van der Waals surface area contributed by atoms with Crippen LogP contribution in [0, 0.1) is 0 Å². The summed E-state index contributed by atoms with van der Waals surface area (Å²) in [5.41, 5.74) is 0. The first kappa shape index (κ1) is 9.59. The number of aliphatic hydroxyl groups is 2. The van der Waals surface area contributed by atoms with E-state index in [1.807, 2.05) is 0 Å². The Balaban J connectivity index is 2.95. The quantitative estimate of drug-likeness (QED) is 0.547. The summed E-state index contributed by atoms with van der Waals surface area (Å²) >= 11 is 1.54. The van der Waals surface area contributed by atoms with E-state index in [0.29, 0.717) is 19.4 Å². The first-order valence-electron chi connectivity index (χ1n) is 2.88. The van der Waals surface area contributed by atoms with Crippen molar-refractivity contribution in [3.05, 3.63) is 0 Å². The Kier molecular flexibility index (Phi) is 7.15. The molecule has 0 rings (SSSR count). The van der Waals surface area contributed by atoms with Gasteiger partial charge in [-0.2, -0.15) is 0 Å². The molecule has 0 aromatic heterocycles. The molecular weight excluding hydrogens is 156 g/mol. The Labute approximate surface area is 66.9 Å². The van der Waals surface area contributed by atoms with Gasteiger partial charge in [0.05, 0.1) is 0 Å². The van der Waals surface area contributed by atoms with Crippen LogP contribution in [0.5, 0.6) is 0 Å². The third-order valence-electron chi connectivity index (χ3n) is 0.971. The van der Waals surface area contributed by atoms with Crippen LogP contribution in [0.25, 0.3) is 0 Å². The molecular formula is C5H11O3Ti. The Morgan fingerprint density at radius 1 is 1.56 bits per heavy atom. The number of rotatable bonds is 5. The van der Waals surface area contributed by atoms with Crippen molar-refractivity contribution >= 4 is 0 Å². The molecule has 0 aliphatic rings. The molecule has 4 heteroatoms. The van der Waals surface area contributed by atoms with Crippen molar-refractivity contribution in [2.45, 2.75) is 18.9 Å². The first-order valence-corrected chi connectivity index (χ1v) is 3.52. The third-order valence-corrected chi connectivity index (χ3v) is 1.23. The van der Waals surface area contributed by atoms with Gasteiger partial charge in [-0.3, -0.25) is 0 Å². The number of hydrogen-bond acceptors (Lipinski definition) is 3. The van der Waals surface area contributed by atoms with E-state index in [-0.39, 0.29) is 6.61 Å². The minimum absolute atomic E-state index is 0.140. The van der Waals surface area contributed by atoms with Crippen LogP contribution < -0.4 is 0 Å². The van der Waals surface area contributed by atoms with E-state index < -0.39 is 6.10 Å². The molecule has 0 fully saturated rings. The van der Waals surface area contributed by atoms with E-state index in [4.69, 9.17) is 10.2 Å². The molecule has 0 aliphatic carbocycles.